The lowest BCUT2D eigenvalue weighted by molar-refractivity contribution is -0.385. The van der Waals surface area contributed by atoms with Crippen LogP contribution in [0.25, 0.3) is 0 Å². The van der Waals surface area contributed by atoms with E-state index < -0.39 is 4.92 Å². The third kappa shape index (κ3) is 2.54. The summed E-state index contributed by atoms with van der Waals surface area (Å²) in [4.78, 5) is 9.90. The third-order valence-electron chi connectivity index (χ3n) is 1.65. The lowest BCUT2D eigenvalue weighted by atomic mass is 10.2. The molecule has 1 aromatic carbocycles. The zero-order valence-corrected chi connectivity index (χ0v) is 7.84. The highest BCUT2D eigenvalue weighted by atomic mass is 16.6. The average Bonchev–Trinajstić information content (AvgIpc) is 2.25. The molecular formula is C10H8N2O3. The molecule has 0 aliphatic heterocycles. The van der Waals surface area contributed by atoms with Gasteiger partial charge >= 0.3 is 0 Å². The van der Waals surface area contributed by atoms with Gasteiger partial charge in [0.1, 0.15) is 24.0 Å². The van der Waals surface area contributed by atoms with Crippen molar-refractivity contribution in [2.45, 2.75) is 0 Å². The first-order chi connectivity index (χ1) is 7.19. The van der Waals surface area contributed by atoms with Crippen LogP contribution in [-0.4, -0.2) is 11.5 Å². The zero-order chi connectivity index (χ0) is 11.3. The maximum absolute atomic E-state index is 10.5. The van der Waals surface area contributed by atoms with Crippen LogP contribution in [-0.2, 0) is 0 Å². The second kappa shape index (κ2) is 4.77. The Balaban J connectivity index is 3.03. The minimum atomic E-state index is -0.601. The Morgan fingerprint density at radius 3 is 2.93 bits per heavy atom. The molecule has 5 nitrogen and oxygen atoms in total. The van der Waals surface area contributed by atoms with Gasteiger partial charge in [-0.25, -0.2) is 0 Å². The van der Waals surface area contributed by atoms with Gasteiger partial charge in [-0.05, 0) is 6.07 Å². The van der Waals surface area contributed by atoms with Gasteiger partial charge in [-0.1, -0.05) is 12.7 Å². The van der Waals surface area contributed by atoms with Crippen molar-refractivity contribution in [3.05, 3.63) is 46.5 Å². The molecule has 0 bridgehead atoms. The van der Waals surface area contributed by atoms with Crippen LogP contribution in [0.2, 0.25) is 0 Å². The van der Waals surface area contributed by atoms with Crippen molar-refractivity contribution in [3.63, 3.8) is 0 Å². The van der Waals surface area contributed by atoms with E-state index in [0.717, 1.165) is 0 Å². The number of ether oxygens (including phenoxy) is 1. The summed E-state index contributed by atoms with van der Waals surface area (Å²) in [7, 11) is 0. The average molecular weight is 204 g/mol. The number of rotatable bonds is 4. The van der Waals surface area contributed by atoms with Crippen molar-refractivity contribution in [3.8, 4) is 11.8 Å². The molecule has 0 N–H and O–H groups in total. The SMILES string of the molecule is C=CCOc1ccc([N+](=O)[O-])c(C#N)c1. The molecule has 0 fully saturated rings. The number of hydrogen-bond donors (Lipinski definition) is 0. The van der Waals surface area contributed by atoms with Crippen molar-refractivity contribution in [2.24, 2.45) is 0 Å². The van der Waals surface area contributed by atoms with Crippen LogP contribution in [0.3, 0.4) is 0 Å². The van der Waals surface area contributed by atoms with Crippen molar-refractivity contribution >= 4 is 5.69 Å². The highest BCUT2D eigenvalue weighted by Gasteiger charge is 2.13. The van der Waals surface area contributed by atoms with Crippen LogP contribution in [0.4, 0.5) is 5.69 Å². The van der Waals surface area contributed by atoms with E-state index in [-0.39, 0.29) is 11.3 Å². The minimum Gasteiger partial charge on any atom is -0.490 e. The molecule has 0 amide bonds. The smallest absolute Gasteiger partial charge is 0.287 e. The van der Waals surface area contributed by atoms with Crippen LogP contribution >= 0.6 is 0 Å². The van der Waals surface area contributed by atoms with E-state index in [1.807, 2.05) is 0 Å². The molecule has 0 spiro atoms. The second-order valence-electron chi connectivity index (χ2n) is 2.65. The van der Waals surface area contributed by atoms with Gasteiger partial charge in [0, 0.05) is 12.1 Å². The third-order valence-corrected chi connectivity index (χ3v) is 1.65. The lowest BCUT2D eigenvalue weighted by Gasteiger charge is -2.02. The maximum Gasteiger partial charge on any atom is 0.287 e. The van der Waals surface area contributed by atoms with E-state index in [9.17, 15) is 10.1 Å². The van der Waals surface area contributed by atoms with Gasteiger partial charge in [0.2, 0.25) is 0 Å². The molecule has 1 aromatic rings. The second-order valence-corrected chi connectivity index (χ2v) is 2.65. The summed E-state index contributed by atoms with van der Waals surface area (Å²) in [5.41, 5.74) is -0.231. The largest absolute Gasteiger partial charge is 0.490 e. The first-order valence-corrected chi connectivity index (χ1v) is 4.11. The Morgan fingerprint density at radius 1 is 1.67 bits per heavy atom. The van der Waals surface area contributed by atoms with E-state index in [4.69, 9.17) is 10.00 Å². The van der Waals surface area contributed by atoms with Crippen LogP contribution in [0.1, 0.15) is 5.56 Å². The first-order valence-electron chi connectivity index (χ1n) is 4.11. The Bertz CT molecular complexity index is 435. The highest BCUT2D eigenvalue weighted by molar-refractivity contribution is 5.52. The van der Waals surface area contributed by atoms with Crippen molar-refractivity contribution in [2.75, 3.05) is 6.61 Å². The molecule has 15 heavy (non-hydrogen) atoms. The van der Waals surface area contributed by atoms with Crippen molar-refractivity contribution in [1.29, 1.82) is 5.26 Å². The number of nitrogens with zero attached hydrogens (tertiary/aromatic N) is 2. The molecule has 5 heteroatoms. The van der Waals surface area contributed by atoms with E-state index >= 15 is 0 Å². The number of nitro benzene ring substituents is 1. The quantitative estimate of drug-likeness (QED) is 0.427. The Labute approximate surface area is 86.4 Å². The molecule has 0 radical (unpaired) electrons. The summed E-state index contributed by atoms with van der Waals surface area (Å²) in [6.45, 7) is 3.76. The number of hydrogen-bond acceptors (Lipinski definition) is 4. The molecular weight excluding hydrogens is 196 g/mol. The predicted molar refractivity (Wildman–Crippen MR) is 53.5 cm³/mol. The molecule has 0 aliphatic carbocycles. The van der Waals surface area contributed by atoms with Crippen LogP contribution in [0.5, 0.6) is 5.75 Å². The van der Waals surface area contributed by atoms with Gasteiger partial charge in [0.25, 0.3) is 5.69 Å². The van der Waals surface area contributed by atoms with Crippen LogP contribution < -0.4 is 4.74 Å². The number of nitriles is 1. The van der Waals surface area contributed by atoms with E-state index in [0.29, 0.717) is 12.4 Å². The van der Waals surface area contributed by atoms with Gasteiger partial charge in [-0.15, -0.1) is 0 Å². The summed E-state index contributed by atoms with van der Waals surface area (Å²) in [5.74, 6) is 0.414. The molecule has 0 aliphatic rings. The van der Waals surface area contributed by atoms with Gasteiger partial charge in [-0.2, -0.15) is 5.26 Å². The zero-order valence-electron chi connectivity index (χ0n) is 7.84. The number of benzene rings is 1. The summed E-state index contributed by atoms with van der Waals surface area (Å²) in [6, 6.07) is 5.78. The summed E-state index contributed by atoms with van der Waals surface area (Å²) in [6.07, 6.45) is 1.55. The highest BCUT2D eigenvalue weighted by Crippen LogP contribution is 2.23. The summed E-state index contributed by atoms with van der Waals surface area (Å²) < 4.78 is 5.14. The van der Waals surface area contributed by atoms with E-state index in [2.05, 4.69) is 6.58 Å². The van der Waals surface area contributed by atoms with E-state index in [1.54, 1.807) is 12.1 Å². The molecule has 1 rings (SSSR count). The molecule has 76 valence electrons. The van der Waals surface area contributed by atoms with Crippen LogP contribution in [0.15, 0.2) is 30.9 Å². The fourth-order valence-electron chi connectivity index (χ4n) is 1.01. The number of nitro groups is 1. The van der Waals surface area contributed by atoms with Gasteiger partial charge in [0.05, 0.1) is 4.92 Å². The topological polar surface area (TPSA) is 76.2 Å². The standard InChI is InChI=1S/C10H8N2O3/c1-2-5-15-9-3-4-10(12(13)14)8(6-9)7-11/h2-4,6H,1,5H2. The van der Waals surface area contributed by atoms with Crippen molar-refractivity contribution < 1.29 is 9.66 Å². The van der Waals surface area contributed by atoms with Gasteiger partial charge in [-0.3, -0.25) is 10.1 Å². The normalized spacial score (nSPS) is 9.00. The molecule has 0 unspecified atom stereocenters. The molecule has 0 atom stereocenters. The summed E-state index contributed by atoms with van der Waals surface area (Å²) >= 11 is 0. The van der Waals surface area contributed by atoms with Gasteiger partial charge in [0.15, 0.2) is 0 Å². The maximum atomic E-state index is 10.5. The monoisotopic (exact) mass is 204 g/mol. The predicted octanol–water partition coefficient (Wildman–Crippen LogP) is 2.03. The van der Waals surface area contributed by atoms with Gasteiger partial charge < -0.3 is 4.74 Å². The molecule has 0 saturated carbocycles. The molecule has 0 saturated heterocycles. The molecule has 0 aromatic heterocycles. The Hall–Kier alpha value is -2.35. The fraction of sp³-hybridized carbons (Fsp3) is 0.100. The first kappa shape index (κ1) is 10.7. The lowest BCUT2D eigenvalue weighted by Crippen LogP contribution is -1.96. The molecule has 0 heterocycles. The fourth-order valence-corrected chi connectivity index (χ4v) is 1.01. The minimum absolute atomic E-state index is 0.0124. The van der Waals surface area contributed by atoms with Crippen LogP contribution in [0, 0.1) is 21.4 Å². The Morgan fingerprint density at radius 2 is 2.40 bits per heavy atom. The Kier molecular flexibility index (Phi) is 3.41. The summed E-state index contributed by atoms with van der Waals surface area (Å²) in [5, 5.41) is 19.2. The van der Waals surface area contributed by atoms with Crippen molar-refractivity contribution in [1.82, 2.24) is 0 Å². The van der Waals surface area contributed by atoms with E-state index in [1.165, 1.54) is 18.2 Å².